The van der Waals surface area contributed by atoms with E-state index in [2.05, 4.69) is 4.98 Å². The van der Waals surface area contributed by atoms with E-state index in [1.54, 1.807) is 24.3 Å². The van der Waals surface area contributed by atoms with Crippen molar-refractivity contribution in [3.05, 3.63) is 59.7 Å². The van der Waals surface area contributed by atoms with E-state index in [0.717, 1.165) is 36.3 Å². The van der Waals surface area contributed by atoms with E-state index >= 15 is 0 Å². The molecular formula is C25H31FN4O3S. The highest BCUT2D eigenvalue weighted by molar-refractivity contribution is 7.89. The summed E-state index contributed by atoms with van der Waals surface area (Å²) in [4.78, 5) is 19.9. The average Bonchev–Trinajstić information content (AvgIpc) is 3.40. The number of hydrogen-bond acceptors (Lipinski definition) is 4. The number of imidazole rings is 1. The lowest BCUT2D eigenvalue weighted by molar-refractivity contribution is -0.132. The second-order valence-corrected chi connectivity index (χ2v) is 11.1. The number of hydrogen-bond donors (Lipinski definition) is 0. The Kier molecular flexibility index (Phi) is 7.04. The van der Waals surface area contributed by atoms with Crippen LogP contribution in [0, 0.1) is 5.82 Å². The number of sulfonamides is 1. The molecule has 7 nitrogen and oxygen atoms in total. The molecule has 0 bridgehead atoms. The van der Waals surface area contributed by atoms with Gasteiger partial charge in [0.1, 0.15) is 11.6 Å². The van der Waals surface area contributed by atoms with Crippen molar-refractivity contribution in [2.24, 2.45) is 0 Å². The minimum Gasteiger partial charge on any atom is -0.339 e. The van der Waals surface area contributed by atoms with Gasteiger partial charge >= 0.3 is 0 Å². The SMILES string of the molecule is CCn1c(CCC(=O)N2CCCC2Cc2cccc(F)c2)nc2cc(S(=O)(=O)N(C)C)ccc21. The van der Waals surface area contributed by atoms with Crippen LogP contribution in [0.5, 0.6) is 0 Å². The van der Waals surface area contributed by atoms with Crippen LogP contribution < -0.4 is 0 Å². The Balaban J connectivity index is 1.49. The fourth-order valence-electron chi connectivity index (χ4n) is 4.75. The Morgan fingerprint density at radius 3 is 2.71 bits per heavy atom. The predicted molar refractivity (Wildman–Crippen MR) is 129 cm³/mol. The molecule has 1 atom stereocenters. The van der Waals surface area contributed by atoms with E-state index in [0.29, 0.717) is 31.3 Å². The molecule has 1 saturated heterocycles. The van der Waals surface area contributed by atoms with Crippen LogP contribution in [-0.2, 0) is 34.2 Å². The minimum atomic E-state index is -3.55. The highest BCUT2D eigenvalue weighted by Crippen LogP contribution is 2.25. The smallest absolute Gasteiger partial charge is 0.242 e. The molecule has 0 saturated carbocycles. The summed E-state index contributed by atoms with van der Waals surface area (Å²) in [6.45, 7) is 3.40. The Morgan fingerprint density at radius 1 is 1.21 bits per heavy atom. The van der Waals surface area contributed by atoms with Crippen LogP contribution in [0.25, 0.3) is 11.0 Å². The van der Waals surface area contributed by atoms with Crippen molar-refractivity contribution in [1.82, 2.24) is 18.8 Å². The van der Waals surface area contributed by atoms with Gasteiger partial charge in [-0.15, -0.1) is 0 Å². The van der Waals surface area contributed by atoms with Crippen LogP contribution in [0.15, 0.2) is 47.4 Å². The van der Waals surface area contributed by atoms with Crippen LogP contribution in [0.3, 0.4) is 0 Å². The minimum absolute atomic E-state index is 0.0736. The van der Waals surface area contributed by atoms with E-state index in [1.165, 1.54) is 30.5 Å². The molecule has 0 spiro atoms. The van der Waals surface area contributed by atoms with Crippen LogP contribution >= 0.6 is 0 Å². The summed E-state index contributed by atoms with van der Waals surface area (Å²) >= 11 is 0. The van der Waals surface area contributed by atoms with Crippen LogP contribution in [-0.4, -0.2) is 59.8 Å². The lowest BCUT2D eigenvalue weighted by Gasteiger charge is -2.25. The summed E-state index contributed by atoms with van der Waals surface area (Å²) in [6, 6.07) is 11.6. The fourth-order valence-corrected chi connectivity index (χ4v) is 5.67. The quantitative estimate of drug-likeness (QED) is 0.488. The zero-order chi connectivity index (χ0) is 24.5. The summed E-state index contributed by atoms with van der Waals surface area (Å²) in [7, 11) is -0.548. The van der Waals surface area contributed by atoms with Gasteiger partial charge in [-0.2, -0.15) is 0 Å². The maximum Gasteiger partial charge on any atom is 0.242 e. The summed E-state index contributed by atoms with van der Waals surface area (Å²) in [5.41, 5.74) is 2.37. The molecule has 1 aliphatic rings. The van der Waals surface area contributed by atoms with Crippen LogP contribution in [0.4, 0.5) is 4.39 Å². The van der Waals surface area contributed by atoms with Gasteiger partial charge in [-0.05, 0) is 62.1 Å². The number of rotatable bonds is 8. The van der Waals surface area contributed by atoms with E-state index in [-0.39, 0.29) is 22.7 Å². The molecule has 1 aromatic heterocycles. The van der Waals surface area contributed by atoms with Gasteiger partial charge in [-0.1, -0.05) is 12.1 Å². The molecule has 1 amide bonds. The molecule has 2 aromatic carbocycles. The third kappa shape index (κ3) is 4.86. The van der Waals surface area contributed by atoms with Gasteiger partial charge in [0, 0.05) is 46.1 Å². The number of likely N-dealkylation sites (tertiary alicyclic amines) is 1. The van der Waals surface area contributed by atoms with E-state index in [1.807, 2.05) is 22.5 Å². The first-order chi connectivity index (χ1) is 16.2. The van der Waals surface area contributed by atoms with E-state index in [4.69, 9.17) is 0 Å². The Hall–Kier alpha value is -2.78. The molecule has 2 heterocycles. The van der Waals surface area contributed by atoms with Crippen LogP contribution in [0.2, 0.25) is 0 Å². The molecule has 34 heavy (non-hydrogen) atoms. The first-order valence-corrected chi connectivity index (χ1v) is 13.1. The first-order valence-electron chi connectivity index (χ1n) is 11.7. The Bertz CT molecular complexity index is 1300. The second kappa shape index (κ2) is 9.84. The molecule has 0 radical (unpaired) electrons. The highest BCUT2D eigenvalue weighted by Gasteiger charge is 2.29. The Labute approximate surface area is 200 Å². The highest BCUT2D eigenvalue weighted by atomic mass is 32.2. The average molecular weight is 487 g/mol. The maximum atomic E-state index is 13.6. The van der Waals surface area contributed by atoms with Crippen molar-refractivity contribution in [2.75, 3.05) is 20.6 Å². The van der Waals surface area contributed by atoms with Gasteiger partial charge in [-0.25, -0.2) is 22.1 Å². The summed E-state index contributed by atoms with van der Waals surface area (Å²) in [6.07, 6.45) is 3.31. The monoisotopic (exact) mass is 486 g/mol. The molecular weight excluding hydrogens is 455 g/mol. The Morgan fingerprint density at radius 2 is 2.00 bits per heavy atom. The molecule has 0 aliphatic carbocycles. The maximum absolute atomic E-state index is 13.6. The number of carbonyl (C=O) groups is 1. The number of nitrogens with zero attached hydrogens (tertiary/aromatic N) is 4. The van der Waals surface area contributed by atoms with E-state index < -0.39 is 10.0 Å². The fraction of sp³-hybridized carbons (Fsp3) is 0.440. The lowest BCUT2D eigenvalue weighted by Crippen LogP contribution is -2.37. The largest absolute Gasteiger partial charge is 0.339 e. The molecule has 1 unspecified atom stereocenters. The lowest BCUT2D eigenvalue weighted by atomic mass is 10.0. The number of amides is 1. The van der Waals surface area contributed by atoms with Gasteiger partial charge in [0.05, 0.1) is 15.9 Å². The van der Waals surface area contributed by atoms with Crippen molar-refractivity contribution >= 4 is 27.0 Å². The van der Waals surface area contributed by atoms with E-state index in [9.17, 15) is 17.6 Å². The number of aryl methyl sites for hydroxylation is 2. The molecule has 0 N–H and O–H groups in total. The van der Waals surface area contributed by atoms with Gasteiger partial charge in [0.25, 0.3) is 0 Å². The van der Waals surface area contributed by atoms with Crippen LogP contribution in [0.1, 0.15) is 37.6 Å². The van der Waals surface area contributed by atoms with Crippen molar-refractivity contribution in [3.63, 3.8) is 0 Å². The standard InChI is InChI=1S/C25H31FN4O3S/c1-4-29-23-11-10-21(34(32,33)28(2)3)17-22(23)27-24(29)12-13-25(31)30-14-6-9-20(30)16-18-7-5-8-19(26)15-18/h5,7-8,10-11,15,17,20H,4,6,9,12-14,16H2,1-3H3. The third-order valence-electron chi connectivity index (χ3n) is 6.51. The first kappa shape index (κ1) is 24.3. The third-order valence-corrected chi connectivity index (χ3v) is 8.32. The topological polar surface area (TPSA) is 75.5 Å². The summed E-state index contributed by atoms with van der Waals surface area (Å²) in [5, 5.41) is 0. The number of halogens is 1. The predicted octanol–water partition coefficient (Wildman–Crippen LogP) is 3.61. The van der Waals surface area contributed by atoms with Gasteiger partial charge in [-0.3, -0.25) is 4.79 Å². The van der Waals surface area contributed by atoms with Crippen molar-refractivity contribution in [3.8, 4) is 0 Å². The molecule has 3 aromatic rings. The number of benzene rings is 2. The summed E-state index contributed by atoms with van der Waals surface area (Å²) < 4.78 is 41.8. The zero-order valence-corrected chi connectivity index (χ0v) is 20.7. The van der Waals surface area contributed by atoms with Gasteiger partial charge in [0.15, 0.2) is 0 Å². The van der Waals surface area contributed by atoms with Gasteiger partial charge < -0.3 is 9.47 Å². The summed E-state index contributed by atoms with van der Waals surface area (Å²) in [5.74, 6) is 0.587. The number of fused-ring (bicyclic) bond motifs is 1. The van der Waals surface area contributed by atoms with Crippen molar-refractivity contribution < 1.29 is 17.6 Å². The van der Waals surface area contributed by atoms with Gasteiger partial charge in [0.2, 0.25) is 15.9 Å². The second-order valence-electron chi connectivity index (χ2n) is 8.93. The van der Waals surface area contributed by atoms with Crippen molar-refractivity contribution in [2.45, 2.75) is 56.5 Å². The molecule has 4 rings (SSSR count). The molecule has 182 valence electrons. The number of aromatic nitrogens is 2. The molecule has 1 aliphatic heterocycles. The van der Waals surface area contributed by atoms with Crippen molar-refractivity contribution in [1.29, 1.82) is 0 Å². The molecule has 1 fully saturated rings. The normalized spacial score (nSPS) is 16.6. The zero-order valence-electron chi connectivity index (χ0n) is 19.9. The molecule has 9 heteroatoms. The number of carbonyl (C=O) groups excluding carboxylic acids is 1.